The molecule has 5 nitrogen and oxygen atoms in total. The van der Waals surface area contributed by atoms with Crippen LogP contribution in [-0.2, 0) is 11.3 Å². The summed E-state index contributed by atoms with van der Waals surface area (Å²) in [4.78, 5) is 20.9. The number of hydrogen-bond acceptors (Lipinski definition) is 5. The average molecular weight is 308 g/mol. The maximum absolute atomic E-state index is 11.8. The van der Waals surface area contributed by atoms with Gasteiger partial charge >= 0.3 is 0 Å². The highest BCUT2D eigenvalue weighted by atomic mass is 32.2. The van der Waals surface area contributed by atoms with Gasteiger partial charge in [0.05, 0.1) is 5.25 Å². The highest BCUT2D eigenvalue weighted by molar-refractivity contribution is 7.99. The van der Waals surface area contributed by atoms with Gasteiger partial charge in [-0.25, -0.2) is 4.98 Å². The number of amides is 1. The van der Waals surface area contributed by atoms with E-state index in [9.17, 15) is 4.79 Å². The molecule has 2 heterocycles. The fourth-order valence-corrected chi connectivity index (χ4v) is 2.52. The first kappa shape index (κ1) is 16.1. The molecule has 1 atom stereocenters. The van der Waals surface area contributed by atoms with Crippen LogP contribution in [0.2, 0.25) is 0 Å². The Morgan fingerprint density at radius 2 is 2.14 bits per heavy atom. The number of nitrogens with zero attached hydrogens (tertiary/aromatic N) is 3. The number of anilines is 1. The molecule has 0 unspecified atom stereocenters. The van der Waals surface area contributed by atoms with Crippen LogP contribution in [0.25, 0.3) is 0 Å². The molecule has 0 bridgehead atoms. The molecular formula is C15H24N4OS. The van der Waals surface area contributed by atoms with Gasteiger partial charge in [-0.15, -0.1) is 0 Å². The Bertz CT molecular complexity index is 474. The zero-order valence-corrected chi connectivity index (χ0v) is 13.8. The topological polar surface area (TPSA) is 48.5 Å². The molecule has 1 saturated heterocycles. The van der Waals surface area contributed by atoms with Crippen molar-refractivity contribution < 1.29 is 4.79 Å². The fraction of sp³-hybridized carbons (Fsp3) is 0.600. The van der Waals surface area contributed by atoms with Crippen LogP contribution in [0.1, 0.15) is 12.5 Å². The summed E-state index contributed by atoms with van der Waals surface area (Å²) in [7, 11) is 2.14. The van der Waals surface area contributed by atoms with E-state index in [2.05, 4.69) is 33.2 Å². The number of carbonyl (C=O) groups excluding carboxylic acids is 1. The third kappa shape index (κ3) is 4.61. The number of aromatic nitrogens is 1. The van der Waals surface area contributed by atoms with E-state index in [-0.39, 0.29) is 11.2 Å². The lowest BCUT2D eigenvalue weighted by molar-refractivity contribution is -0.120. The van der Waals surface area contributed by atoms with Crippen molar-refractivity contribution in [3.63, 3.8) is 0 Å². The second kappa shape index (κ2) is 7.66. The molecule has 1 aliphatic rings. The van der Waals surface area contributed by atoms with E-state index in [1.54, 1.807) is 11.8 Å². The zero-order chi connectivity index (χ0) is 15.2. The minimum Gasteiger partial charge on any atom is -0.354 e. The first-order chi connectivity index (χ1) is 10.1. The number of piperazine rings is 1. The molecule has 116 valence electrons. The van der Waals surface area contributed by atoms with Gasteiger partial charge in [-0.1, -0.05) is 0 Å². The number of hydrogen-bond donors (Lipinski definition) is 1. The van der Waals surface area contributed by atoms with Gasteiger partial charge in [0, 0.05) is 38.9 Å². The van der Waals surface area contributed by atoms with E-state index >= 15 is 0 Å². The van der Waals surface area contributed by atoms with Crippen molar-refractivity contribution >= 4 is 23.5 Å². The SMILES string of the molecule is CS[C@@H](C)C(=O)NCc1ccnc(N2CCN(C)CC2)c1. The summed E-state index contributed by atoms with van der Waals surface area (Å²) in [6.07, 6.45) is 3.77. The van der Waals surface area contributed by atoms with Crippen molar-refractivity contribution in [3.05, 3.63) is 23.9 Å². The van der Waals surface area contributed by atoms with Gasteiger partial charge in [-0.2, -0.15) is 11.8 Å². The molecule has 0 aliphatic carbocycles. The average Bonchev–Trinajstić information content (AvgIpc) is 2.52. The maximum Gasteiger partial charge on any atom is 0.233 e. The lowest BCUT2D eigenvalue weighted by Gasteiger charge is -2.33. The Kier molecular flexibility index (Phi) is 5.87. The van der Waals surface area contributed by atoms with E-state index < -0.39 is 0 Å². The van der Waals surface area contributed by atoms with Crippen LogP contribution in [-0.4, -0.2) is 60.5 Å². The molecule has 1 aliphatic heterocycles. The largest absolute Gasteiger partial charge is 0.354 e. The molecular weight excluding hydrogens is 284 g/mol. The Labute approximate surface area is 131 Å². The molecule has 1 N–H and O–H groups in total. The van der Waals surface area contributed by atoms with Crippen LogP contribution in [0.3, 0.4) is 0 Å². The molecule has 0 saturated carbocycles. The van der Waals surface area contributed by atoms with Gasteiger partial charge in [0.15, 0.2) is 0 Å². The standard InChI is InChI=1S/C15H24N4OS/c1-12(21-3)15(20)17-11-13-4-5-16-14(10-13)19-8-6-18(2)7-9-19/h4-5,10,12H,6-9,11H2,1-3H3,(H,17,20)/t12-/m0/s1. The third-order valence-corrected chi connectivity index (χ3v) is 4.75. The van der Waals surface area contributed by atoms with E-state index in [0.29, 0.717) is 6.54 Å². The lowest BCUT2D eigenvalue weighted by atomic mass is 10.2. The summed E-state index contributed by atoms with van der Waals surface area (Å²) in [5.41, 5.74) is 1.10. The zero-order valence-electron chi connectivity index (χ0n) is 13.0. The molecule has 0 spiro atoms. The molecule has 1 amide bonds. The number of thioether (sulfide) groups is 1. The number of likely N-dealkylation sites (N-methyl/N-ethyl adjacent to an activating group) is 1. The summed E-state index contributed by atoms with van der Waals surface area (Å²) in [5, 5.41) is 2.96. The summed E-state index contributed by atoms with van der Waals surface area (Å²) < 4.78 is 0. The fourth-order valence-electron chi connectivity index (χ4n) is 2.22. The van der Waals surface area contributed by atoms with Crippen LogP contribution in [0.15, 0.2) is 18.3 Å². The van der Waals surface area contributed by atoms with E-state index in [1.807, 2.05) is 25.4 Å². The molecule has 2 rings (SSSR count). The van der Waals surface area contributed by atoms with Gasteiger partial charge in [-0.3, -0.25) is 4.79 Å². The molecule has 21 heavy (non-hydrogen) atoms. The predicted molar refractivity (Wildman–Crippen MR) is 88.8 cm³/mol. The van der Waals surface area contributed by atoms with Gasteiger partial charge in [0.25, 0.3) is 0 Å². The number of carbonyl (C=O) groups is 1. The van der Waals surface area contributed by atoms with Gasteiger partial charge in [-0.05, 0) is 37.9 Å². The molecule has 1 aromatic rings. The number of pyridine rings is 1. The summed E-state index contributed by atoms with van der Waals surface area (Å²) in [5.74, 6) is 1.09. The highest BCUT2D eigenvalue weighted by Gasteiger charge is 2.16. The Hall–Kier alpha value is -1.27. The molecule has 0 aromatic carbocycles. The Balaban J connectivity index is 1.93. The Morgan fingerprint density at radius 3 is 2.81 bits per heavy atom. The van der Waals surface area contributed by atoms with E-state index in [1.165, 1.54) is 0 Å². The van der Waals surface area contributed by atoms with Crippen molar-refractivity contribution in [2.75, 3.05) is 44.4 Å². The molecule has 1 aromatic heterocycles. The maximum atomic E-state index is 11.8. The van der Waals surface area contributed by atoms with Gasteiger partial charge in [0.2, 0.25) is 5.91 Å². The second-order valence-corrected chi connectivity index (χ2v) is 6.59. The van der Waals surface area contributed by atoms with Crippen LogP contribution in [0, 0.1) is 0 Å². The highest BCUT2D eigenvalue weighted by Crippen LogP contribution is 2.15. The van der Waals surface area contributed by atoms with Crippen molar-refractivity contribution in [1.82, 2.24) is 15.2 Å². The molecule has 0 radical (unpaired) electrons. The summed E-state index contributed by atoms with van der Waals surface area (Å²) in [6, 6.07) is 4.04. The monoisotopic (exact) mass is 308 g/mol. The summed E-state index contributed by atoms with van der Waals surface area (Å²) >= 11 is 1.56. The van der Waals surface area contributed by atoms with E-state index in [4.69, 9.17) is 0 Å². The van der Waals surface area contributed by atoms with Gasteiger partial charge < -0.3 is 15.1 Å². The first-order valence-corrected chi connectivity index (χ1v) is 8.58. The smallest absolute Gasteiger partial charge is 0.233 e. The minimum atomic E-state index is -0.0102. The summed E-state index contributed by atoms with van der Waals surface area (Å²) in [6.45, 7) is 6.61. The van der Waals surface area contributed by atoms with Crippen LogP contribution in [0.5, 0.6) is 0 Å². The van der Waals surface area contributed by atoms with Crippen molar-refractivity contribution in [2.45, 2.75) is 18.7 Å². The van der Waals surface area contributed by atoms with Crippen molar-refractivity contribution in [3.8, 4) is 0 Å². The second-order valence-electron chi connectivity index (χ2n) is 5.41. The van der Waals surface area contributed by atoms with E-state index in [0.717, 1.165) is 37.6 Å². The molecule has 1 fully saturated rings. The van der Waals surface area contributed by atoms with Crippen molar-refractivity contribution in [1.29, 1.82) is 0 Å². The van der Waals surface area contributed by atoms with Crippen LogP contribution < -0.4 is 10.2 Å². The quantitative estimate of drug-likeness (QED) is 0.886. The predicted octanol–water partition coefficient (Wildman–Crippen LogP) is 1.20. The first-order valence-electron chi connectivity index (χ1n) is 7.29. The number of nitrogens with one attached hydrogen (secondary N) is 1. The lowest BCUT2D eigenvalue weighted by Crippen LogP contribution is -2.44. The third-order valence-electron chi connectivity index (χ3n) is 3.83. The normalized spacial score (nSPS) is 17.6. The van der Waals surface area contributed by atoms with Crippen LogP contribution in [0.4, 0.5) is 5.82 Å². The number of rotatable bonds is 5. The minimum absolute atomic E-state index is 0.0102. The van der Waals surface area contributed by atoms with Crippen LogP contribution >= 0.6 is 11.8 Å². The van der Waals surface area contributed by atoms with Crippen molar-refractivity contribution in [2.24, 2.45) is 0 Å². The Morgan fingerprint density at radius 1 is 1.43 bits per heavy atom. The van der Waals surface area contributed by atoms with Gasteiger partial charge in [0.1, 0.15) is 5.82 Å². The molecule has 6 heteroatoms.